The number of para-hydroxylation sites is 1. The van der Waals surface area contributed by atoms with Gasteiger partial charge in [0.25, 0.3) is 0 Å². The van der Waals surface area contributed by atoms with E-state index in [1.165, 1.54) is 0 Å². The summed E-state index contributed by atoms with van der Waals surface area (Å²) in [6.07, 6.45) is 1.06. The molecule has 0 radical (unpaired) electrons. The smallest absolute Gasteiger partial charge is 0.227 e. The number of carbonyl (C=O) groups excluding carboxylic acids is 2. The molecule has 3 nitrogen and oxygen atoms in total. The van der Waals surface area contributed by atoms with Gasteiger partial charge in [-0.15, -0.1) is 0 Å². The molecule has 0 heterocycles. The predicted molar refractivity (Wildman–Crippen MR) is 59.7 cm³/mol. The number of hydrogen-bond acceptors (Lipinski definition) is 2. The highest BCUT2D eigenvalue weighted by Gasteiger charge is 2.13. The van der Waals surface area contributed by atoms with Crippen LogP contribution >= 0.6 is 0 Å². The molecule has 0 saturated heterocycles. The van der Waals surface area contributed by atoms with Gasteiger partial charge in [-0.1, -0.05) is 25.1 Å². The first-order valence-electron chi connectivity index (χ1n) is 4.92. The minimum atomic E-state index is -0.219. The normalized spacial score (nSPS) is 11.9. The van der Waals surface area contributed by atoms with Crippen molar-refractivity contribution in [2.45, 2.75) is 13.3 Å². The van der Waals surface area contributed by atoms with Crippen molar-refractivity contribution in [3.05, 3.63) is 30.3 Å². The highest BCUT2D eigenvalue weighted by molar-refractivity contribution is 5.93. The van der Waals surface area contributed by atoms with E-state index in [0.717, 1.165) is 12.0 Å². The van der Waals surface area contributed by atoms with E-state index in [1.54, 1.807) is 18.9 Å². The van der Waals surface area contributed by atoms with Crippen LogP contribution in [0.5, 0.6) is 0 Å². The minimum Gasteiger partial charge on any atom is -0.315 e. The van der Waals surface area contributed by atoms with Crippen molar-refractivity contribution in [3.63, 3.8) is 0 Å². The van der Waals surface area contributed by atoms with Crippen molar-refractivity contribution in [1.82, 2.24) is 0 Å². The Bertz CT molecular complexity index is 335. The minimum absolute atomic E-state index is 0.0409. The number of benzene rings is 1. The van der Waals surface area contributed by atoms with Gasteiger partial charge in [0.1, 0.15) is 6.29 Å². The molecule has 0 bridgehead atoms. The lowest BCUT2D eigenvalue weighted by molar-refractivity contribution is -0.121. The van der Waals surface area contributed by atoms with Crippen LogP contribution in [0.3, 0.4) is 0 Å². The number of amides is 1. The second-order valence-electron chi connectivity index (χ2n) is 3.61. The quantitative estimate of drug-likeness (QED) is 0.704. The molecule has 1 amide bonds. The molecule has 0 fully saturated rings. The summed E-state index contributed by atoms with van der Waals surface area (Å²) in [5.74, 6) is -0.260. The third-order valence-electron chi connectivity index (χ3n) is 2.25. The lowest BCUT2D eigenvalue weighted by Gasteiger charge is -2.17. The maximum Gasteiger partial charge on any atom is 0.227 e. The van der Waals surface area contributed by atoms with Crippen LogP contribution in [0.15, 0.2) is 30.3 Å². The Labute approximate surface area is 89.7 Å². The molecule has 0 aromatic heterocycles. The molecular formula is C12H15NO2. The molecule has 80 valence electrons. The molecule has 1 aromatic carbocycles. The number of hydrogen-bond donors (Lipinski definition) is 0. The molecule has 0 aliphatic heterocycles. The molecular weight excluding hydrogens is 190 g/mol. The molecule has 0 N–H and O–H groups in total. The second kappa shape index (κ2) is 5.29. The Morgan fingerprint density at radius 3 is 2.53 bits per heavy atom. The van der Waals surface area contributed by atoms with Crippen LogP contribution in [0.1, 0.15) is 13.3 Å². The Morgan fingerprint density at radius 2 is 2.00 bits per heavy atom. The van der Waals surface area contributed by atoms with Gasteiger partial charge in [0.2, 0.25) is 5.91 Å². The number of rotatable bonds is 4. The lowest BCUT2D eigenvalue weighted by Crippen LogP contribution is -2.27. The van der Waals surface area contributed by atoms with Crippen molar-refractivity contribution in [2.24, 2.45) is 5.92 Å². The van der Waals surface area contributed by atoms with Crippen LogP contribution in [0.2, 0.25) is 0 Å². The molecule has 0 aliphatic carbocycles. The number of aldehydes is 1. The van der Waals surface area contributed by atoms with E-state index >= 15 is 0 Å². The van der Waals surface area contributed by atoms with E-state index in [1.807, 2.05) is 30.3 Å². The van der Waals surface area contributed by atoms with Crippen LogP contribution in [0, 0.1) is 5.92 Å². The van der Waals surface area contributed by atoms with Gasteiger partial charge in [-0.3, -0.25) is 4.79 Å². The molecule has 0 saturated carbocycles. The average molecular weight is 205 g/mol. The molecule has 1 unspecified atom stereocenters. The van der Waals surface area contributed by atoms with Gasteiger partial charge in [-0.05, 0) is 12.1 Å². The largest absolute Gasteiger partial charge is 0.315 e. The maximum atomic E-state index is 11.7. The van der Waals surface area contributed by atoms with Crippen molar-refractivity contribution < 1.29 is 9.59 Å². The second-order valence-corrected chi connectivity index (χ2v) is 3.61. The van der Waals surface area contributed by atoms with Crippen LogP contribution in [0.4, 0.5) is 5.69 Å². The molecule has 1 rings (SSSR count). The van der Waals surface area contributed by atoms with E-state index in [-0.39, 0.29) is 18.2 Å². The van der Waals surface area contributed by atoms with Crippen LogP contribution in [-0.2, 0) is 9.59 Å². The van der Waals surface area contributed by atoms with Crippen molar-refractivity contribution >= 4 is 17.9 Å². The van der Waals surface area contributed by atoms with E-state index in [9.17, 15) is 9.59 Å². The third-order valence-corrected chi connectivity index (χ3v) is 2.25. The van der Waals surface area contributed by atoms with Gasteiger partial charge in [0.05, 0.1) is 0 Å². The molecule has 0 aliphatic rings. The summed E-state index contributed by atoms with van der Waals surface area (Å²) in [5.41, 5.74) is 0.848. The van der Waals surface area contributed by atoms with Gasteiger partial charge in [-0.2, -0.15) is 0 Å². The first-order valence-corrected chi connectivity index (χ1v) is 4.92. The summed E-state index contributed by atoms with van der Waals surface area (Å²) in [4.78, 5) is 23.7. The predicted octanol–water partition coefficient (Wildman–Crippen LogP) is 1.87. The van der Waals surface area contributed by atoms with E-state index in [0.29, 0.717) is 0 Å². The van der Waals surface area contributed by atoms with E-state index < -0.39 is 0 Å². The monoisotopic (exact) mass is 205 g/mol. The van der Waals surface area contributed by atoms with E-state index in [4.69, 9.17) is 0 Å². The number of nitrogens with zero attached hydrogens (tertiary/aromatic N) is 1. The van der Waals surface area contributed by atoms with Crippen LogP contribution in [0.25, 0.3) is 0 Å². The fourth-order valence-corrected chi connectivity index (χ4v) is 1.26. The Kier molecular flexibility index (Phi) is 4.03. The Balaban J connectivity index is 2.65. The van der Waals surface area contributed by atoms with Gasteiger partial charge >= 0.3 is 0 Å². The Morgan fingerprint density at radius 1 is 1.40 bits per heavy atom. The molecule has 0 spiro atoms. The molecule has 15 heavy (non-hydrogen) atoms. The van der Waals surface area contributed by atoms with E-state index in [2.05, 4.69) is 0 Å². The average Bonchev–Trinajstić information content (AvgIpc) is 2.29. The fraction of sp³-hybridized carbons (Fsp3) is 0.333. The maximum absolute atomic E-state index is 11.7. The zero-order chi connectivity index (χ0) is 11.3. The molecule has 1 aromatic rings. The lowest BCUT2D eigenvalue weighted by atomic mass is 10.1. The van der Waals surface area contributed by atoms with Crippen molar-refractivity contribution in [1.29, 1.82) is 0 Å². The van der Waals surface area contributed by atoms with Crippen LogP contribution in [-0.4, -0.2) is 19.2 Å². The van der Waals surface area contributed by atoms with Crippen molar-refractivity contribution in [3.8, 4) is 0 Å². The van der Waals surface area contributed by atoms with Gasteiger partial charge in [0.15, 0.2) is 0 Å². The summed E-state index contributed by atoms with van der Waals surface area (Å²) in [7, 11) is 1.72. The fourth-order valence-electron chi connectivity index (χ4n) is 1.26. The summed E-state index contributed by atoms with van der Waals surface area (Å²) in [6.45, 7) is 1.74. The van der Waals surface area contributed by atoms with Gasteiger partial charge in [0, 0.05) is 25.1 Å². The first kappa shape index (κ1) is 11.4. The summed E-state index contributed by atoms with van der Waals surface area (Å²) >= 11 is 0. The summed E-state index contributed by atoms with van der Waals surface area (Å²) in [5, 5.41) is 0. The zero-order valence-corrected chi connectivity index (χ0v) is 9.01. The Hall–Kier alpha value is -1.64. The third kappa shape index (κ3) is 3.20. The summed E-state index contributed by atoms with van der Waals surface area (Å²) in [6, 6.07) is 9.38. The number of carbonyl (C=O) groups is 2. The van der Waals surface area contributed by atoms with Gasteiger partial charge in [-0.25, -0.2) is 0 Å². The SMILES string of the molecule is CC(C=O)CC(=O)N(C)c1ccccc1. The summed E-state index contributed by atoms with van der Waals surface area (Å²) < 4.78 is 0. The topological polar surface area (TPSA) is 37.4 Å². The first-order chi connectivity index (χ1) is 7.15. The highest BCUT2D eigenvalue weighted by atomic mass is 16.2. The highest BCUT2D eigenvalue weighted by Crippen LogP contribution is 2.13. The molecule has 1 atom stereocenters. The zero-order valence-electron chi connectivity index (χ0n) is 9.01. The van der Waals surface area contributed by atoms with Crippen LogP contribution < -0.4 is 4.90 Å². The standard InChI is InChI=1S/C12H15NO2/c1-10(9-14)8-12(15)13(2)11-6-4-3-5-7-11/h3-7,9-10H,8H2,1-2H3. The van der Waals surface area contributed by atoms with Gasteiger partial charge < -0.3 is 9.69 Å². The van der Waals surface area contributed by atoms with Crippen molar-refractivity contribution in [2.75, 3.05) is 11.9 Å². The molecule has 3 heteroatoms. The number of anilines is 1.